The molecule has 6 aromatic carbocycles. The molecule has 0 bridgehead atoms. The number of piperazine rings is 4. The van der Waals surface area contributed by atoms with Gasteiger partial charge in [0.25, 0.3) is 43.2 Å². The van der Waals surface area contributed by atoms with Crippen molar-refractivity contribution in [2.45, 2.75) is 165 Å². The molecule has 20 rings (SSSR count). The minimum absolute atomic E-state index is 0.0342. The van der Waals surface area contributed by atoms with Crippen LogP contribution in [0.25, 0.3) is 33.2 Å². The smallest absolute Gasteiger partial charge is 0.277 e. The van der Waals surface area contributed by atoms with Crippen molar-refractivity contribution >= 4 is 111 Å². The average molecular weight is 1970 g/mol. The van der Waals surface area contributed by atoms with Gasteiger partial charge in [-0.05, 0) is 228 Å². The molecule has 6 aliphatic heterocycles. The predicted molar refractivity (Wildman–Crippen MR) is 541 cm³/mol. The zero-order valence-corrected chi connectivity index (χ0v) is 82.9. The van der Waals surface area contributed by atoms with E-state index in [0.29, 0.717) is 72.1 Å². The minimum atomic E-state index is -4.63. The number of carbonyl (C=O) groups is 2. The third-order valence-corrected chi connectivity index (χ3v) is 33.5. The molecule has 30 nitrogen and oxygen atoms in total. The lowest BCUT2D eigenvalue weighted by Gasteiger charge is -2.47. The van der Waals surface area contributed by atoms with Gasteiger partial charge in [0.2, 0.25) is 0 Å². The number of nitro groups is 2. The largest absolute Gasteiger partial charge is 0.493 e. The number of rotatable bonds is 28. The first-order valence-electron chi connectivity index (χ1n) is 49.2. The van der Waals surface area contributed by atoms with Crippen LogP contribution in [0.3, 0.4) is 0 Å². The number of amides is 2. The number of nitro benzene ring substituents is 2. The lowest BCUT2D eigenvalue weighted by molar-refractivity contribution is -0.386. The second kappa shape index (κ2) is 41.3. The standard InChI is InChI=1S/C53H63ClN8O7S.C52H61ClN8O7S/c1-35-32-58(21-24-61(35)41-5-4-6-41)18-15-36-25-46-48(62(64)65)28-44(29-49(46)68-34-36)70(66,67)57-52(63)45-12-11-42(27-50(45)69-43-26-38-14-17-55-51(38)56-31-43)60-22-19-59(20-23-60)33-39-13-16-53(2,3)30-47(39)37-7-9-40(54)10-8-37;1-52(2)15-12-38(46(31-52)36-6-8-39(53)9-7-36)33-58-20-24-60(25-21-58)41-10-11-44(49(28-41)68-42-27-37-13-16-54-50(37)55-32-42)51(62)56-69(65,66)43-29-47(61(63)64)45-26-35(34-67-48(45)30-43)14-17-57-18-22-59(23-19-57)40-4-3-5-40/h7-12,14,17,26-29,31,35-36,41H,4-6,13,15-16,18-25,30,32-34H2,1-3H3,(H,55,56)(H,57,63);6-11,13,16,27-30,32,35,40H,3-5,12,14-15,17-26,31,33-34H2,1-2H3,(H,54,55)(H,56,62)/t35-,36-;35-/m11/s1. The Balaban J connectivity index is 0.000000177. The maximum Gasteiger partial charge on any atom is 0.277 e. The number of nitrogens with one attached hydrogen (secondary N) is 4. The maximum atomic E-state index is 14.2. The van der Waals surface area contributed by atoms with E-state index in [1.807, 2.05) is 36.4 Å². The molecule has 139 heavy (non-hydrogen) atoms. The molecule has 3 atom stereocenters. The minimum Gasteiger partial charge on any atom is -0.493 e. The fraction of sp³-hybridized carbons (Fsp3) is 0.467. The molecule has 4 aromatic heterocycles. The third-order valence-electron chi connectivity index (χ3n) is 30.4. The number of fused-ring (bicyclic) bond motifs is 4. The zero-order valence-electron chi connectivity index (χ0n) is 79.7. The van der Waals surface area contributed by atoms with E-state index in [9.17, 15) is 46.7 Å². The highest BCUT2D eigenvalue weighted by atomic mass is 35.5. The number of pyridine rings is 2. The number of sulfonamides is 2. The summed E-state index contributed by atoms with van der Waals surface area (Å²) in [5.74, 6) is -0.565. The van der Waals surface area contributed by atoms with E-state index in [1.54, 1.807) is 60.9 Å². The molecule has 4 N–H and O–H groups in total. The summed E-state index contributed by atoms with van der Waals surface area (Å²) in [5.41, 5.74) is 11.6. The molecule has 10 aliphatic rings. The van der Waals surface area contributed by atoms with Crippen LogP contribution in [0.4, 0.5) is 22.7 Å². The fourth-order valence-electron chi connectivity index (χ4n) is 21.8. The molecule has 0 spiro atoms. The molecule has 6 fully saturated rings. The van der Waals surface area contributed by atoms with Crippen molar-refractivity contribution in [3.8, 4) is 34.5 Å². The summed E-state index contributed by atoms with van der Waals surface area (Å²) in [7, 11) is -9.26. The van der Waals surface area contributed by atoms with E-state index in [0.717, 1.165) is 226 Å². The lowest BCUT2D eigenvalue weighted by Crippen LogP contribution is -2.57. The number of aromatic amines is 2. The van der Waals surface area contributed by atoms with Crippen molar-refractivity contribution in [1.29, 1.82) is 0 Å². The first-order valence-corrected chi connectivity index (χ1v) is 53.0. The number of anilines is 2. The molecule has 734 valence electrons. The van der Waals surface area contributed by atoms with Crippen LogP contribution in [-0.2, 0) is 32.9 Å². The number of benzene rings is 6. The van der Waals surface area contributed by atoms with E-state index in [4.69, 9.17) is 42.1 Å². The van der Waals surface area contributed by atoms with E-state index in [2.05, 4.69) is 127 Å². The molecule has 4 aliphatic carbocycles. The van der Waals surface area contributed by atoms with Gasteiger partial charge >= 0.3 is 0 Å². The van der Waals surface area contributed by atoms with Crippen molar-refractivity contribution in [3.63, 3.8) is 0 Å². The van der Waals surface area contributed by atoms with Gasteiger partial charge in [-0.1, -0.05) is 99.2 Å². The zero-order chi connectivity index (χ0) is 96.6. The quantitative estimate of drug-likeness (QED) is 0.0261. The molecular weight excluding hydrogens is 1840 g/mol. The molecule has 2 saturated carbocycles. The molecular formula is C105H124Cl2N16O14S2. The number of hydrogen-bond acceptors (Lipinski definition) is 24. The highest BCUT2D eigenvalue weighted by molar-refractivity contribution is 7.90. The SMILES string of the molecule is CC1(C)CCC(CN2CCN(c3ccc(C(=O)NS(=O)(=O)c4cc5c(c([N+](=O)[O-])c4)C[C@@H](CCN4CCN(C6CCC6)CC4)CO5)c(Oc4cnc5[nH]ccc5c4)c3)CC2)=C(c2ccc(Cl)cc2)C1.C[C@@H]1CN(CC[C@H]2COc3cc(S(=O)(=O)NC(=O)c4ccc(N5CCN(CC6=C(c7ccc(Cl)cc7)CC(C)(C)CC6)CC5)cc4Oc4cnc5[nH]ccc5c4)cc([N+](=O)[O-])c3C2)CCN1C1CCC1. The number of hydrogen-bond donors (Lipinski definition) is 4. The van der Waals surface area contributed by atoms with Crippen LogP contribution < -0.4 is 38.2 Å². The molecule has 0 unspecified atom stereocenters. The number of carbonyl (C=O) groups excluding carboxylic acids is 2. The Morgan fingerprint density at radius 1 is 0.518 bits per heavy atom. The summed E-state index contributed by atoms with van der Waals surface area (Å²) in [5, 5.41) is 28.1. The van der Waals surface area contributed by atoms with Crippen molar-refractivity contribution < 1.29 is 55.2 Å². The van der Waals surface area contributed by atoms with Crippen LogP contribution >= 0.6 is 23.2 Å². The predicted octanol–water partition coefficient (Wildman–Crippen LogP) is 18.3. The van der Waals surface area contributed by atoms with E-state index >= 15 is 0 Å². The molecule has 2 amide bonds. The van der Waals surface area contributed by atoms with Crippen molar-refractivity contribution in [3.05, 3.63) is 233 Å². The topological polar surface area (TPSA) is 333 Å². The normalized spacial score (nSPS) is 21.0. The highest BCUT2D eigenvalue weighted by Gasteiger charge is 2.40. The number of ether oxygens (including phenoxy) is 4. The number of aromatic nitrogens is 4. The second-order valence-corrected chi connectivity index (χ2v) is 45.4. The summed E-state index contributed by atoms with van der Waals surface area (Å²) in [6.45, 7) is 29.2. The fourth-order valence-corrected chi connectivity index (χ4v) is 24.0. The first-order chi connectivity index (χ1) is 66.9. The Kier molecular flexibility index (Phi) is 28.7. The summed E-state index contributed by atoms with van der Waals surface area (Å²) in [6, 6.07) is 40.5. The summed E-state index contributed by atoms with van der Waals surface area (Å²) >= 11 is 12.5. The van der Waals surface area contributed by atoms with Crippen LogP contribution in [0.15, 0.2) is 179 Å². The first kappa shape index (κ1) is 96.8. The summed E-state index contributed by atoms with van der Waals surface area (Å²) in [6.07, 6.45) is 23.2. The van der Waals surface area contributed by atoms with Gasteiger partial charge in [0.15, 0.2) is 0 Å². The second-order valence-electron chi connectivity index (χ2n) is 41.1. The van der Waals surface area contributed by atoms with Crippen LogP contribution in [0, 0.1) is 42.9 Å². The Labute approximate surface area is 822 Å². The van der Waals surface area contributed by atoms with Crippen molar-refractivity contribution in [2.24, 2.45) is 22.7 Å². The van der Waals surface area contributed by atoms with Gasteiger partial charge in [-0.3, -0.25) is 49.4 Å². The van der Waals surface area contributed by atoms with Gasteiger partial charge in [0.1, 0.15) is 45.8 Å². The van der Waals surface area contributed by atoms with Gasteiger partial charge in [-0.2, -0.15) is 0 Å². The lowest BCUT2D eigenvalue weighted by atomic mass is 9.72. The van der Waals surface area contributed by atoms with Crippen LogP contribution in [0.1, 0.15) is 167 Å². The van der Waals surface area contributed by atoms with Crippen LogP contribution in [-0.4, -0.2) is 244 Å². The van der Waals surface area contributed by atoms with Gasteiger partial charge in [-0.25, -0.2) is 36.2 Å². The van der Waals surface area contributed by atoms with Crippen molar-refractivity contribution in [1.82, 2.24) is 58.8 Å². The molecule has 10 aromatic rings. The molecule has 10 heterocycles. The third kappa shape index (κ3) is 22.6. The Hall–Kier alpha value is -11.0. The molecule has 4 saturated heterocycles. The van der Waals surface area contributed by atoms with E-state index in [1.165, 1.54) is 96.5 Å². The van der Waals surface area contributed by atoms with Crippen LogP contribution in [0.5, 0.6) is 34.5 Å². The van der Waals surface area contributed by atoms with Crippen molar-refractivity contribution in [2.75, 3.05) is 147 Å². The Bertz CT molecular complexity index is 6560. The Morgan fingerprint density at radius 3 is 1.36 bits per heavy atom. The number of halogens is 2. The average Bonchev–Trinajstić information content (AvgIpc) is 1.08. The van der Waals surface area contributed by atoms with Crippen LogP contribution in [0.2, 0.25) is 10.0 Å². The van der Waals surface area contributed by atoms with E-state index < -0.39 is 51.5 Å². The number of allylic oxidation sites excluding steroid dienone is 2. The summed E-state index contributed by atoms with van der Waals surface area (Å²) in [4.78, 5) is 86.0. The molecule has 0 radical (unpaired) electrons. The number of nitrogens with zero attached hydrogens (tertiary/aromatic N) is 12. The number of H-pyrrole nitrogens is 2. The Morgan fingerprint density at radius 2 is 0.942 bits per heavy atom. The van der Waals surface area contributed by atoms with Gasteiger partial charge in [0, 0.05) is 210 Å². The van der Waals surface area contributed by atoms with Gasteiger partial charge < -0.3 is 48.5 Å². The monoisotopic (exact) mass is 1970 g/mol. The summed E-state index contributed by atoms with van der Waals surface area (Å²) < 4.78 is 85.5. The highest BCUT2D eigenvalue weighted by Crippen LogP contribution is 2.48. The van der Waals surface area contributed by atoms with E-state index in [-0.39, 0.29) is 68.2 Å². The van der Waals surface area contributed by atoms with Gasteiger partial charge in [-0.15, -0.1) is 0 Å². The molecule has 34 heteroatoms. The maximum absolute atomic E-state index is 14.2. The van der Waals surface area contributed by atoms with Gasteiger partial charge in [0.05, 0.1) is 67.5 Å².